The third kappa shape index (κ3) is 8.04. The third-order valence-electron chi connectivity index (χ3n) is 8.49. The van der Waals surface area contributed by atoms with Gasteiger partial charge in [0, 0.05) is 44.8 Å². The number of likely N-dealkylation sites (tertiary alicyclic amines) is 1. The number of aliphatic hydroxyl groups excluding tert-OH is 1. The fourth-order valence-corrected chi connectivity index (χ4v) is 6.47. The number of methoxy groups -OCH3 is 1. The van der Waals surface area contributed by atoms with Crippen molar-refractivity contribution < 1.29 is 24.1 Å². The average molecular weight is 556 g/mol. The molecule has 2 amide bonds. The Hall–Kier alpha value is -1.45. The van der Waals surface area contributed by atoms with E-state index in [-0.39, 0.29) is 28.5 Å². The van der Waals surface area contributed by atoms with Crippen LogP contribution in [0.5, 0.6) is 0 Å². The molecule has 0 radical (unpaired) electrons. The van der Waals surface area contributed by atoms with Gasteiger partial charge in [-0.15, -0.1) is 0 Å². The molecule has 2 aliphatic rings. The van der Waals surface area contributed by atoms with Crippen molar-refractivity contribution in [1.82, 2.24) is 15.5 Å². The van der Waals surface area contributed by atoms with E-state index in [0.29, 0.717) is 51.9 Å². The lowest BCUT2D eigenvalue weighted by Gasteiger charge is -2.43. The van der Waals surface area contributed by atoms with Crippen LogP contribution < -0.4 is 10.6 Å². The number of urea groups is 1. The van der Waals surface area contributed by atoms with E-state index < -0.39 is 23.6 Å². The molecule has 4 atom stereocenters. The first-order valence-corrected chi connectivity index (χ1v) is 14.7. The van der Waals surface area contributed by atoms with E-state index >= 15 is 4.39 Å². The van der Waals surface area contributed by atoms with Crippen LogP contribution in [0.15, 0.2) is 18.2 Å². The van der Waals surface area contributed by atoms with Crippen LogP contribution in [0.25, 0.3) is 0 Å². The molecule has 0 aromatic heterocycles. The van der Waals surface area contributed by atoms with Gasteiger partial charge in [0.25, 0.3) is 0 Å². The Balaban J connectivity index is 1.74. The number of ether oxygens (including phenoxy) is 1. The van der Waals surface area contributed by atoms with E-state index in [1.807, 2.05) is 7.05 Å². The van der Waals surface area contributed by atoms with Crippen molar-refractivity contribution in [2.75, 3.05) is 40.4 Å². The van der Waals surface area contributed by atoms with Crippen molar-refractivity contribution in [3.63, 3.8) is 0 Å². The maximum Gasteiger partial charge on any atom is 0.317 e. The Morgan fingerprint density at radius 1 is 1.21 bits per heavy atom. The van der Waals surface area contributed by atoms with Crippen LogP contribution in [0.2, 0.25) is 5.02 Å². The van der Waals surface area contributed by atoms with Crippen LogP contribution in [0, 0.1) is 17.7 Å². The summed E-state index contributed by atoms with van der Waals surface area (Å²) in [6.45, 7) is 1.87. The maximum atomic E-state index is 15.2. The van der Waals surface area contributed by atoms with E-state index in [9.17, 15) is 15.0 Å². The fourth-order valence-electron chi connectivity index (χ4n) is 6.30. The number of hydrogen-bond acceptors (Lipinski definition) is 5. The SMILES string of the molecule is CNCC(NC(=O)N1CCC[C@@H]([C@@](O)(CCCCOC)c2cccc(Cl)c2F)C1)[C@@H](O)C1CCCCCC1. The number of piperidine rings is 1. The summed E-state index contributed by atoms with van der Waals surface area (Å²) in [5, 5.41) is 29.4. The van der Waals surface area contributed by atoms with Crippen LogP contribution in [0.1, 0.15) is 76.2 Å². The number of nitrogens with zero attached hydrogens (tertiary/aromatic N) is 1. The monoisotopic (exact) mass is 555 g/mol. The highest BCUT2D eigenvalue weighted by atomic mass is 35.5. The van der Waals surface area contributed by atoms with Gasteiger partial charge in [-0.3, -0.25) is 0 Å². The molecule has 38 heavy (non-hydrogen) atoms. The third-order valence-corrected chi connectivity index (χ3v) is 8.78. The molecule has 1 aliphatic carbocycles. The number of carbonyl (C=O) groups is 1. The largest absolute Gasteiger partial charge is 0.391 e. The van der Waals surface area contributed by atoms with Gasteiger partial charge in [0.15, 0.2) is 0 Å². The van der Waals surface area contributed by atoms with Gasteiger partial charge < -0.3 is 30.5 Å². The first-order valence-electron chi connectivity index (χ1n) is 14.4. The van der Waals surface area contributed by atoms with Gasteiger partial charge in [0.2, 0.25) is 0 Å². The number of hydrogen-bond donors (Lipinski definition) is 4. The van der Waals surface area contributed by atoms with Gasteiger partial charge in [0.05, 0.1) is 22.8 Å². The Labute approximate surface area is 232 Å². The van der Waals surface area contributed by atoms with Gasteiger partial charge in [-0.05, 0) is 64.0 Å². The van der Waals surface area contributed by atoms with Crippen LogP contribution >= 0.6 is 11.6 Å². The van der Waals surface area contributed by atoms with E-state index in [0.717, 1.165) is 32.1 Å². The zero-order valence-electron chi connectivity index (χ0n) is 23.1. The second-order valence-corrected chi connectivity index (χ2v) is 11.5. The first kappa shape index (κ1) is 31.1. The van der Waals surface area contributed by atoms with Crippen LogP contribution in [0.3, 0.4) is 0 Å². The van der Waals surface area contributed by atoms with E-state index in [4.69, 9.17) is 16.3 Å². The molecule has 7 nitrogen and oxygen atoms in total. The number of nitrogens with one attached hydrogen (secondary N) is 2. The number of halogens is 2. The van der Waals surface area contributed by atoms with E-state index in [2.05, 4.69) is 10.6 Å². The molecule has 1 aromatic rings. The quantitative estimate of drug-likeness (QED) is 0.219. The molecule has 1 heterocycles. The smallest absolute Gasteiger partial charge is 0.317 e. The summed E-state index contributed by atoms with van der Waals surface area (Å²) in [6.07, 6.45) is 9.04. The summed E-state index contributed by atoms with van der Waals surface area (Å²) < 4.78 is 20.4. The Morgan fingerprint density at radius 3 is 2.63 bits per heavy atom. The van der Waals surface area contributed by atoms with Crippen molar-refractivity contribution in [3.05, 3.63) is 34.6 Å². The van der Waals surface area contributed by atoms with E-state index in [1.165, 1.54) is 18.9 Å². The number of rotatable bonds is 12. The highest BCUT2D eigenvalue weighted by Crippen LogP contribution is 2.42. The molecule has 3 rings (SSSR count). The van der Waals surface area contributed by atoms with Crippen molar-refractivity contribution in [2.24, 2.45) is 11.8 Å². The molecule has 1 aromatic carbocycles. The lowest BCUT2D eigenvalue weighted by molar-refractivity contribution is -0.0590. The zero-order chi connectivity index (χ0) is 27.5. The molecular formula is C29H47ClFN3O4. The normalized spacial score (nSPS) is 22.4. The summed E-state index contributed by atoms with van der Waals surface area (Å²) >= 11 is 6.10. The van der Waals surface area contributed by atoms with E-state index in [1.54, 1.807) is 24.1 Å². The Morgan fingerprint density at radius 2 is 1.95 bits per heavy atom. The molecule has 2 fully saturated rings. The summed E-state index contributed by atoms with van der Waals surface area (Å²) in [7, 11) is 3.45. The number of aliphatic hydroxyl groups is 2. The van der Waals surface area contributed by atoms with Gasteiger partial charge in [-0.2, -0.15) is 0 Å². The van der Waals surface area contributed by atoms with Gasteiger partial charge in [-0.25, -0.2) is 9.18 Å². The molecule has 1 saturated heterocycles. The second kappa shape index (κ2) is 15.4. The Bertz CT molecular complexity index is 870. The Kier molecular flexibility index (Phi) is 12.6. The lowest BCUT2D eigenvalue weighted by Crippen LogP contribution is -2.57. The number of unbranched alkanes of at least 4 members (excludes halogenated alkanes) is 1. The predicted octanol–water partition coefficient (Wildman–Crippen LogP) is 4.82. The molecule has 9 heteroatoms. The standard InChI is InChI=1S/C29H47ClFN3O4/c1-32-19-25(27(35)21-11-5-3-4-6-12-21)33-28(36)34-17-10-13-22(20-34)29(37,16-7-8-18-38-2)23-14-9-15-24(30)26(23)31/h9,14-15,21-22,25,27,32,35,37H,3-8,10-13,16-20H2,1-2H3,(H,33,36)/t22-,25?,27+,29+/m1/s1. The van der Waals surface area contributed by atoms with Crippen LogP contribution in [-0.4, -0.2) is 73.7 Å². The fraction of sp³-hybridized carbons (Fsp3) is 0.759. The van der Waals surface area contributed by atoms with Crippen molar-refractivity contribution in [1.29, 1.82) is 0 Å². The maximum absolute atomic E-state index is 15.2. The molecule has 216 valence electrons. The summed E-state index contributed by atoms with van der Waals surface area (Å²) in [6, 6.07) is 4.08. The average Bonchev–Trinajstić information content (AvgIpc) is 3.21. The first-order chi connectivity index (χ1) is 18.3. The summed E-state index contributed by atoms with van der Waals surface area (Å²) in [5.74, 6) is -0.786. The van der Waals surface area contributed by atoms with Crippen molar-refractivity contribution in [3.8, 4) is 0 Å². The van der Waals surface area contributed by atoms with Crippen molar-refractivity contribution in [2.45, 2.75) is 88.4 Å². The molecule has 1 aliphatic heterocycles. The van der Waals surface area contributed by atoms with Gasteiger partial charge in [0.1, 0.15) is 5.82 Å². The zero-order valence-corrected chi connectivity index (χ0v) is 23.8. The number of benzene rings is 1. The summed E-state index contributed by atoms with van der Waals surface area (Å²) in [4.78, 5) is 15.2. The molecule has 1 unspecified atom stereocenters. The highest BCUT2D eigenvalue weighted by molar-refractivity contribution is 6.30. The minimum atomic E-state index is -1.47. The summed E-state index contributed by atoms with van der Waals surface area (Å²) in [5.41, 5.74) is -1.28. The molecule has 0 bridgehead atoms. The van der Waals surface area contributed by atoms with Gasteiger partial charge >= 0.3 is 6.03 Å². The highest BCUT2D eigenvalue weighted by Gasteiger charge is 2.43. The molecule has 1 saturated carbocycles. The minimum Gasteiger partial charge on any atom is -0.391 e. The second-order valence-electron chi connectivity index (χ2n) is 11.1. The number of carbonyl (C=O) groups excluding carboxylic acids is 1. The topological polar surface area (TPSA) is 94.1 Å². The predicted molar refractivity (Wildman–Crippen MR) is 149 cm³/mol. The molecular weight excluding hydrogens is 509 g/mol. The van der Waals surface area contributed by atoms with Crippen molar-refractivity contribution >= 4 is 17.6 Å². The number of amides is 2. The number of likely N-dealkylation sites (N-methyl/N-ethyl adjacent to an activating group) is 1. The van der Waals surface area contributed by atoms with Crippen LogP contribution in [-0.2, 0) is 10.3 Å². The minimum absolute atomic E-state index is 0.0226. The molecule has 0 spiro atoms. The van der Waals surface area contributed by atoms with Gasteiger partial charge in [-0.1, -0.05) is 49.4 Å². The lowest BCUT2D eigenvalue weighted by atomic mass is 9.74. The molecule has 4 N–H and O–H groups in total. The van der Waals surface area contributed by atoms with Crippen LogP contribution in [0.4, 0.5) is 9.18 Å².